The van der Waals surface area contributed by atoms with Crippen LogP contribution in [0.25, 0.3) is 11.0 Å². The first-order chi connectivity index (χ1) is 17.5. The lowest BCUT2D eigenvalue weighted by atomic mass is 9.98. The Labute approximate surface area is 207 Å². The SMILES string of the molecule is COC(=O)CC1COc2cc(O[C@@H]3CCc4c(Oc5ccc6c(c5)ncn6C)ccc(F)c43)ccc21. The van der Waals surface area contributed by atoms with Gasteiger partial charge in [-0.3, -0.25) is 4.79 Å². The molecular weight excluding hydrogens is 463 g/mol. The normalized spacial score (nSPS) is 18.0. The monoisotopic (exact) mass is 488 g/mol. The molecule has 1 aliphatic heterocycles. The number of carbonyl (C=O) groups excluding carboxylic acids is 1. The zero-order chi connectivity index (χ0) is 24.8. The Morgan fingerprint density at radius 2 is 2.03 bits per heavy atom. The largest absolute Gasteiger partial charge is 0.492 e. The van der Waals surface area contributed by atoms with Crippen LogP contribution in [0.4, 0.5) is 4.39 Å². The van der Waals surface area contributed by atoms with E-state index >= 15 is 0 Å². The van der Waals surface area contributed by atoms with Gasteiger partial charge in [-0.2, -0.15) is 0 Å². The summed E-state index contributed by atoms with van der Waals surface area (Å²) in [5.41, 5.74) is 4.14. The van der Waals surface area contributed by atoms with Crippen molar-refractivity contribution in [2.45, 2.75) is 31.3 Å². The summed E-state index contributed by atoms with van der Waals surface area (Å²) in [7, 11) is 3.32. The van der Waals surface area contributed by atoms with Crippen LogP contribution in [0.2, 0.25) is 0 Å². The van der Waals surface area contributed by atoms with Crippen LogP contribution >= 0.6 is 0 Å². The highest BCUT2D eigenvalue weighted by molar-refractivity contribution is 5.77. The van der Waals surface area contributed by atoms with E-state index in [9.17, 15) is 9.18 Å². The molecule has 36 heavy (non-hydrogen) atoms. The molecule has 0 spiro atoms. The van der Waals surface area contributed by atoms with Gasteiger partial charge in [0.1, 0.15) is 34.9 Å². The summed E-state index contributed by atoms with van der Waals surface area (Å²) in [4.78, 5) is 16.1. The number of hydrogen-bond acceptors (Lipinski definition) is 6. The Bertz CT molecular complexity index is 1480. The number of halogens is 1. The summed E-state index contributed by atoms with van der Waals surface area (Å²) in [6, 6.07) is 14.4. The number of esters is 1. The highest BCUT2D eigenvalue weighted by Gasteiger charge is 2.32. The van der Waals surface area contributed by atoms with Crippen molar-refractivity contribution in [1.82, 2.24) is 9.55 Å². The Hall–Kier alpha value is -4.07. The summed E-state index contributed by atoms with van der Waals surface area (Å²) in [5.74, 6) is 1.92. The first-order valence-electron chi connectivity index (χ1n) is 11.9. The van der Waals surface area contributed by atoms with Crippen LogP contribution < -0.4 is 14.2 Å². The Morgan fingerprint density at radius 3 is 2.89 bits per heavy atom. The third-order valence-electron chi connectivity index (χ3n) is 6.95. The quantitative estimate of drug-likeness (QED) is 0.329. The zero-order valence-corrected chi connectivity index (χ0v) is 20.0. The fraction of sp³-hybridized carbons (Fsp3) is 0.286. The lowest BCUT2D eigenvalue weighted by Gasteiger charge is -2.17. The standard InChI is InChI=1S/C28H25FN2O5/c1-31-15-30-22-12-17(4-8-23(22)31)35-24-10-7-21(29)28-20(24)6-9-25(28)36-18-3-5-19-16(11-27(32)33-2)14-34-26(19)13-18/h3-5,7-8,10,12-13,15-16,25H,6,9,11,14H2,1-2H3/t16?,25-/m1/s1. The zero-order valence-electron chi connectivity index (χ0n) is 20.0. The van der Waals surface area contributed by atoms with Gasteiger partial charge in [0.2, 0.25) is 0 Å². The lowest BCUT2D eigenvalue weighted by molar-refractivity contribution is -0.141. The molecule has 8 heteroatoms. The van der Waals surface area contributed by atoms with Gasteiger partial charge in [-0.15, -0.1) is 0 Å². The molecule has 0 saturated heterocycles. The van der Waals surface area contributed by atoms with Gasteiger partial charge in [-0.25, -0.2) is 9.37 Å². The van der Waals surface area contributed by atoms with Crippen molar-refractivity contribution in [2.75, 3.05) is 13.7 Å². The van der Waals surface area contributed by atoms with Gasteiger partial charge in [0.25, 0.3) is 0 Å². The molecule has 1 aliphatic carbocycles. The molecule has 0 N–H and O–H groups in total. The van der Waals surface area contributed by atoms with Crippen LogP contribution in [-0.4, -0.2) is 29.2 Å². The molecule has 184 valence electrons. The van der Waals surface area contributed by atoms with Gasteiger partial charge in [-0.05, 0) is 43.2 Å². The third-order valence-corrected chi connectivity index (χ3v) is 6.95. The van der Waals surface area contributed by atoms with E-state index in [2.05, 4.69) is 4.98 Å². The molecule has 3 aromatic carbocycles. The molecule has 0 amide bonds. The highest BCUT2D eigenvalue weighted by Crippen LogP contribution is 2.44. The molecule has 4 aromatic rings. The minimum atomic E-state index is -0.438. The number of methoxy groups -OCH3 is 1. The number of ether oxygens (including phenoxy) is 4. The number of nitrogens with zero attached hydrogens (tertiary/aromatic N) is 2. The molecule has 2 aliphatic rings. The van der Waals surface area contributed by atoms with E-state index in [0.717, 1.165) is 22.2 Å². The van der Waals surface area contributed by atoms with Crippen molar-refractivity contribution >= 4 is 17.0 Å². The summed E-state index contributed by atoms with van der Waals surface area (Å²) in [6.45, 7) is 0.416. The van der Waals surface area contributed by atoms with E-state index in [0.29, 0.717) is 48.0 Å². The van der Waals surface area contributed by atoms with E-state index in [1.807, 2.05) is 48.0 Å². The summed E-state index contributed by atoms with van der Waals surface area (Å²) in [5, 5.41) is 0. The maximum absolute atomic E-state index is 15.0. The summed E-state index contributed by atoms with van der Waals surface area (Å²) >= 11 is 0. The highest BCUT2D eigenvalue weighted by atomic mass is 19.1. The predicted octanol–water partition coefficient (Wildman–Crippen LogP) is 5.61. The smallest absolute Gasteiger partial charge is 0.306 e. The van der Waals surface area contributed by atoms with E-state index in [1.54, 1.807) is 12.4 Å². The molecular formula is C28H25FN2O5. The molecule has 1 aromatic heterocycles. The van der Waals surface area contributed by atoms with Crippen LogP contribution in [-0.2, 0) is 23.0 Å². The molecule has 0 radical (unpaired) electrons. The number of carbonyl (C=O) groups is 1. The van der Waals surface area contributed by atoms with E-state index in [1.165, 1.54) is 13.2 Å². The molecule has 1 unspecified atom stereocenters. The second-order valence-corrected chi connectivity index (χ2v) is 9.18. The topological polar surface area (TPSA) is 71.8 Å². The Balaban J connectivity index is 1.22. The van der Waals surface area contributed by atoms with Crippen LogP contribution in [0.5, 0.6) is 23.0 Å². The van der Waals surface area contributed by atoms with E-state index < -0.39 is 6.10 Å². The number of hydrogen-bond donors (Lipinski definition) is 0. The maximum Gasteiger partial charge on any atom is 0.306 e. The van der Waals surface area contributed by atoms with Crippen LogP contribution in [0.1, 0.15) is 41.6 Å². The number of aromatic nitrogens is 2. The van der Waals surface area contributed by atoms with Crippen LogP contribution in [0.15, 0.2) is 54.9 Å². The average Bonchev–Trinajstić information content (AvgIpc) is 3.59. The second-order valence-electron chi connectivity index (χ2n) is 9.18. The second kappa shape index (κ2) is 8.86. The Kier molecular flexibility index (Phi) is 5.51. The van der Waals surface area contributed by atoms with Gasteiger partial charge in [0, 0.05) is 41.8 Å². The number of aryl methyl sites for hydroxylation is 1. The molecule has 7 nitrogen and oxygen atoms in total. The van der Waals surface area contributed by atoms with Gasteiger partial charge in [0.05, 0.1) is 37.5 Å². The first kappa shape index (κ1) is 22.4. The minimum absolute atomic E-state index is 0.0452. The van der Waals surface area contributed by atoms with Crippen molar-refractivity contribution in [1.29, 1.82) is 0 Å². The number of benzene rings is 3. The van der Waals surface area contributed by atoms with Gasteiger partial charge in [0.15, 0.2) is 0 Å². The molecule has 0 saturated carbocycles. The van der Waals surface area contributed by atoms with Crippen molar-refractivity contribution in [2.24, 2.45) is 7.05 Å². The first-order valence-corrected chi connectivity index (χ1v) is 11.9. The third kappa shape index (κ3) is 3.92. The van der Waals surface area contributed by atoms with Gasteiger partial charge < -0.3 is 23.5 Å². The summed E-state index contributed by atoms with van der Waals surface area (Å²) in [6.07, 6.45) is 2.86. The molecule has 6 rings (SSSR count). The maximum atomic E-state index is 15.0. The minimum Gasteiger partial charge on any atom is -0.492 e. The van der Waals surface area contributed by atoms with Crippen molar-refractivity contribution in [3.63, 3.8) is 0 Å². The molecule has 0 fully saturated rings. The van der Waals surface area contributed by atoms with Crippen LogP contribution in [0.3, 0.4) is 0 Å². The number of fused-ring (bicyclic) bond motifs is 3. The van der Waals surface area contributed by atoms with Crippen molar-refractivity contribution < 1.29 is 28.1 Å². The Morgan fingerprint density at radius 1 is 1.17 bits per heavy atom. The van der Waals surface area contributed by atoms with E-state index in [-0.39, 0.29) is 24.1 Å². The van der Waals surface area contributed by atoms with Gasteiger partial charge >= 0.3 is 5.97 Å². The number of imidazole rings is 1. The van der Waals surface area contributed by atoms with E-state index in [4.69, 9.17) is 18.9 Å². The van der Waals surface area contributed by atoms with Crippen LogP contribution in [0, 0.1) is 5.82 Å². The van der Waals surface area contributed by atoms with Gasteiger partial charge in [-0.1, -0.05) is 6.07 Å². The lowest BCUT2D eigenvalue weighted by Crippen LogP contribution is -2.09. The summed E-state index contributed by atoms with van der Waals surface area (Å²) < 4.78 is 39.9. The van der Waals surface area contributed by atoms with Crippen molar-refractivity contribution in [3.8, 4) is 23.0 Å². The molecule has 2 heterocycles. The average molecular weight is 489 g/mol. The fourth-order valence-electron chi connectivity index (χ4n) is 5.11. The fourth-order valence-corrected chi connectivity index (χ4v) is 5.11. The number of rotatable bonds is 6. The predicted molar refractivity (Wildman–Crippen MR) is 130 cm³/mol. The molecule has 0 bridgehead atoms. The van der Waals surface area contributed by atoms with Crippen molar-refractivity contribution in [3.05, 3.63) is 77.4 Å². The molecule has 2 atom stereocenters.